The zero-order chi connectivity index (χ0) is 22.1. The fraction of sp³-hybridized carbons (Fsp3) is 0.0870. The van der Waals surface area contributed by atoms with Gasteiger partial charge in [0.1, 0.15) is 5.51 Å². The molecule has 5 rings (SSSR count). The van der Waals surface area contributed by atoms with Crippen molar-refractivity contribution in [2.45, 2.75) is 16.2 Å². The summed E-state index contributed by atoms with van der Waals surface area (Å²) in [7, 11) is 1.84. The van der Waals surface area contributed by atoms with E-state index >= 15 is 0 Å². The largest absolute Gasteiger partial charge is 0.322 e. The average molecular weight is 459 g/mol. The molecule has 9 heteroatoms. The van der Waals surface area contributed by atoms with Crippen LogP contribution in [0.3, 0.4) is 0 Å². The van der Waals surface area contributed by atoms with E-state index in [0.717, 1.165) is 31.6 Å². The van der Waals surface area contributed by atoms with Crippen LogP contribution >= 0.6 is 23.1 Å². The lowest BCUT2D eigenvalue weighted by molar-refractivity contribution is 0.102. The summed E-state index contributed by atoms with van der Waals surface area (Å²) in [6.07, 6.45) is 0. The normalized spacial score (nSPS) is 11.1. The fourth-order valence-electron chi connectivity index (χ4n) is 3.49. The molecule has 0 aliphatic carbocycles. The van der Waals surface area contributed by atoms with Crippen LogP contribution in [0.25, 0.3) is 22.3 Å². The number of hydrogen-bond donors (Lipinski definition) is 1. The Bertz CT molecular complexity index is 1400. The topological polar surface area (TPSA) is 85.6 Å². The number of carbonyl (C=O) groups excluding carboxylic acids is 1. The summed E-state index contributed by atoms with van der Waals surface area (Å²) in [6, 6.07) is 19.3. The van der Waals surface area contributed by atoms with Crippen LogP contribution in [0.5, 0.6) is 0 Å². The predicted octanol–water partition coefficient (Wildman–Crippen LogP) is 5.20. The number of benzene rings is 2. The minimum atomic E-state index is -0.199. The SMILES string of the molecule is Cc1nn(C)c2nc(-c3ccccc3)cc(C(=O)Nc3ccc(Sc4nncs4)cc3)c12. The zero-order valence-electron chi connectivity index (χ0n) is 17.3. The van der Waals surface area contributed by atoms with Crippen LogP contribution < -0.4 is 5.32 Å². The molecule has 0 fully saturated rings. The summed E-state index contributed by atoms with van der Waals surface area (Å²) < 4.78 is 2.59. The summed E-state index contributed by atoms with van der Waals surface area (Å²) >= 11 is 3.03. The van der Waals surface area contributed by atoms with Gasteiger partial charge in [0, 0.05) is 23.2 Å². The molecule has 7 nitrogen and oxygen atoms in total. The second-order valence-electron chi connectivity index (χ2n) is 7.11. The van der Waals surface area contributed by atoms with Crippen LogP contribution in [0.4, 0.5) is 5.69 Å². The van der Waals surface area contributed by atoms with Crippen LogP contribution in [0, 0.1) is 6.92 Å². The van der Waals surface area contributed by atoms with Crippen molar-refractivity contribution in [3.63, 3.8) is 0 Å². The maximum Gasteiger partial charge on any atom is 0.256 e. The molecule has 0 atom stereocenters. The second kappa shape index (κ2) is 8.52. The fourth-order valence-corrected chi connectivity index (χ4v) is 4.94. The van der Waals surface area contributed by atoms with Crippen LogP contribution in [-0.2, 0) is 7.05 Å². The summed E-state index contributed by atoms with van der Waals surface area (Å²) in [5.74, 6) is -0.199. The molecule has 32 heavy (non-hydrogen) atoms. The molecule has 5 aromatic rings. The first kappa shape index (κ1) is 20.3. The van der Waals surface area contributed by atoms with E-state index < -0.39 is 0 Å². The molecule has 0 bridgehead atoms. The van der Waals surface area contributed by atoms with Gasteiger partial charge in [0.15, 0.2) is 9.99 Å². The molecule has 0 unspecified atom stereocenters. The van der Waals surface area contributed by atoms with Gasteiger partial charge in [-0.05, 0) is 37.3 Å². The molecular formula is C23H18N6OS2. The predicted molar refractivity (Wildman–Crippen MR) is 127 cm³/mol. The Labute approximate surface area is 192 Å². The van der Waals surface area contributed by atoms with Crippen molar-refractivity contribution in [3.05, 3.63) is 77.4 Å². The number of pyridine rings is 1. The number of carbonyl (C=O) groups is 1. The number of fused-ring (bicyclic) bond motifs is 1. The molecule has 2 aromatic carbocycles. The van der Waals surface area contributed by atoms with E-state index in [1.165, 1.54) is 23.1 Å². The molecule has 0 radical (unpaired) electrons. The first-order chi connectivity index (χ1) is 15.6. The van der Waals surface area contributed by atoms with Gasteiger partial charge in [-0.1, -0.05) is 53.4 Å². The summed E-state index contributed by atoms with van der Waals surface area (Å²) in [5, 5.41) is 16.1. The highest BCUT2D eigenvalue weighted by Crippen LogP contribution is 2.30. The van der Waals surface area contributed by atoms with Gasteiger partial charge >= 0.3 is 0 Å². The Balaban J connectivity index is 1.47. The Morgan fingerprint density at radius 2 is 1.88 bits per heavy atom. The number of hydrogen-bond acceptors (Lipinski definition) is 7. The van der Waals surface area contributed by atoms with Crippen molar-refractivity contribution in [2.24, 2.45) is 7.05 Å². The van der Waals surface area contributed by atoms with Crippen molar-refractivity contribution in [1.29, 1.82) is 0 Å². The van der Waals surface area contributed by atoms with E-state index in [4.69, 9.17) is 4.98 Å². The standard InChI is InChI=1S/C23H18N6OS2/c1-14-20-18(12-19(15-6-4-3-5-7-15)26-21(20)29(2)28-14)22(30)25-16-8-10-17(11-9-16)32-23-27-24-13-31-23/h3-13H,1-2H3,(H,25,30). The van der Waals surface area contributed by atoms with Gasteiger partial charge in [-0.25, -0.2) is 4.98 Å². The summed E-state index contributed by atoms with van der Waals surface area (Å²) in [4.78, 5) is 19.1. The van der Waals surface area contributed by atoms with Crippen LogP contribution in [-0.4, -0.2) is 30.9 Å². The second-order valence-corrected chi connectivity index (χ2v) is 9.27. The third-order valence-corrected chi connectivity index (χ3v) is 6.73. The van der Waals surface area contributed by atoms with E-state index in [2.05, 4.69) is 20.6 Å². The Morgan fingerprint density at radius 3 is 2.59 bits per heavy atom. The third kappa shape index (κ3) is 4.00. The molecule has 0 saturated carbocycles. The van der Waals surface area contributed by atoms with Crippen LogP contribution in [0.2, 0.25) is 0 Å². The van der Waals surface area contributed by atoms with Gasteiger partial charge in [0.05, 0.1) is 22.3 Å². The lowest BCUT2D eigenvalue weighted by Gasteiger charge is -2.10. The highest BCUT2D eigenvalue weighted by atomic mass is 32.2. The van der Waals surface area contributed by atoms with Gasteiger partial charge in [-0.3, -0.25) is 9.48 Å². The maximum absolute atomic E-state index is 13.3. The Hall–Kier alpha value is -3.56. The molecular weight excluding hydrogens is 440 g/mol. The van der Waals surface area contributed by atoms with Crippen molar-refractivity contribution < 1.29 is 4.79 Å². The number of anilines is 1. The van der Waals surface area contributed by atoms with Crippen LogP contribution in [0.15, 0.2) is 75.4 Å². The minimum Gasteiger partial charge on any atom is -0.322 e. The number of aromatic nitrogens is 5. The van der Waals surface area contributed by atoms with E-state index in [9.17, 15) is 4.79 Å². The maximum atomic E-state index is 13.3. The van der Waals surface area contributed by atoms with Gasteiger partial charge in [0.25, 0.3) is 5.91 Å². The number of amides is 1. The lowest BCUT2D eigenvalue weighted by atomic mass is 10.0. The number of aryl methyl sites for hydroxylation is 2. The Morgan fingerprint density at radius 1 is 1.09 bits per heavy atom. The minimum absolute atomic E-state index is 0.199. The highest BCUT2D eigenvalue weighted by molar-refractivity contribution is 8.01. The van der Waals surface area contributed by atoms with Gasteiger partial charge < -0.3 is 5.32 Å². The number of nitrogens with zero attached hydrogens (tertiary/aromatic N) is 5. The van der Waals surface area contributed by atoms with Crippen LogP contribution in [0.1, 0.15) is 16.1 Å². The monoisotopic (exact) mass is 458 g/mol. The van der Waals surface area contributed by atoms with E-state index in [1.807, 2.05) is 74.6 Å². The first-order valence-corrected chi connectivity index (χ1v) is 11.5. The molecule has 158 valence electrons. The van der Waals surface area contributed by atoms with Gasteiger partial charge in [-0.15, -0.1) is 10.2 Å². The molecule has 1 N–H and O–H groups in total. The molecule has 3 aromatic heterocycles. The number of rotatable bonds is 5. The zero-order valence-corrected chi connectivity index (χ0v) is 18.9. The highest BCUT2D eigenvalue weighted by Gasteiger charge is 2.19. The van der Waals surface area contributed by atoms with E-state index in [-0.39, 0.29) is 5.91 Å². The summed E-state index contributed by atoms with van der Waals surface area (Å²) in [5.41, 5.74) is 6.09. The molecule has 0 spiro atoms. The first-order valence-electron chi connectivity index (χ1n) is 9.84. The quantitative estimate of drug-likeness (QED) is 0.390. The smallest absolute Gasteiger partial charge is 0.256 e. The van der Waals surface area contributed by atoms with Crippen molar-refractivity contribution >= 4 is 45.7 Å². The van der Waals surface area contributed by atoms with Crippen molar-refractivity contribution in [1.82, 2.24) is 25.0 Å². The molecule has 1 amide bonds. The molecule has 0 aliphatic rings. The van der Waals surface area contributed by atoms with E-state index in [0.29, 0.717) is 16.9 Å². The third-order valence-electron chi connectivity index (χ3n) is 4.94. The molecule has 3 heterocycles. The molecule has 0 saturated heterocycles. The van der Waals surface area contributed by atoms with Gasteiger partial charge in [-0.2, -0.15) is 5.10 Å². The van der Waals surface area contributed by atoms with E-state index in [1.54, 1.807) is 10.2 Å². The van der Waals surface area contributed by atoms with Crippen molar-refractivity contribution in [3.8, 4) is 11.3 Å². The van der Waals surface area contributed by atoms with Crippen molar-refractivity contribution in [2.75, 3.05) is 5.32 Å². The number of nitrogens with one attached hydrogen (secondary N) is 1. The summed E-state index contributed by atoms with van der Waals surface area (Å²) in [6.45, 7) is 1.89. The lowest BCUT2D eigenvalue weighted by Crippen LogP contribution is -2.13. The average Bonchev–Trinajstić information content (AvgIpc) is 3.42. The van der Waals surface area contributed by atoms with Gasteiger partial charge in [0.2, 0.25) is 0 Å². The molecule has 0 aliphatic heterocycles. The Kier molecular flexibility index (Phi) is 5.42.